The molecular formula is C19H26N2O4. The maximum atomic E-state index is 12.1. The lowest BCUT2D eigenvalue weighted by molar-refractivity contribution is -0.138. The Morgan fingerprint density at radius 1 is 1.12 bits per heavy atom. The van der Waals surface area contributed by atoms with Gasteiger partial charge in [0.2, 0.25) is 11.8 Å². The number of rotatable bonds is 7. The van der Waals surface area contributed by atoms with E-state index in [9.17, 15) is 14.4 Å². The van der Waals surface area contributed by atoms with Crippen LogP contribution in [-0.2, 0) is 14.4 Å². The fourth-order valence-electron chi connectivity index (χ4n) is 3.09. The third-order valence-electron chi connectivity index (χ3n) is 4.67. The molecule has 6 nitrogen and oxygen atoms in total. The average molecular weight is 346 g/mol. The lowest BCUT2D eigenvalue weighted by atomic mass is 10.0. The van der Waals surface area contributed by atoms with Gasteiger partial charge < -0.3 is 15.7 Å². The maximum Gasteiger partial charge on any atom is 0.310 e. The van der Waals surface area contributed by atoms with E-state index in [1.54, 1.807) is 31.2 Å². The van der Waals surface area contributed by atoms with Gasteiger partial charge in [0.1, 0.15) is 0 Å². The molecule has 136 valence electrons. The van der Waals surface area contributed by atoms with Gasteiger partial charge in [-0.05, 0) is 44.4 Å². The number of nitrogens with one attached hydrogen (secondary N) is 2. The van der Waals surface area contributed by atoms with Crippen LogP contribution in [0.4, 0.5) is 5.69 Å². The van der Waals surface area contributed by atoms with Gasteiger partial charge in [-0.25, -0.2) is 0 Å². The van der Waals surface area contributed by atoms with E-state index in [2.05, 4.69) is 10.6 Å². The minimum Gasteiger partial charge on any atom is -0.481 e. The molecule has 1 aromatic rings. The smallest absolute Gasteiger partial charge is 0.310 e. The number of anilines is 1. The van der Waals surface area contributed by atoms with Gasteiger partial charge in [0.05, 0.1) is 5.92 Å². The largest absolute Gasteiger partial charge is 0.481 e. The third-order valence-corrected chi connectivity index (χ3v) is 4.67. The molecular weight excluding hydrogens is 320 g/mol. The number of carboxylic acids is 1. The van der Waals surface area contributed by atoms with Gasteiger partial charge in [-0.3, -0.25) is 14.4 Å². The number of hydrogen-bond donors (Lipinski definition) is 3. The molecule has 1 aliphatic carbocycles. The van der Waals surface area contributed by atoms with Crippen LogP contribution < -0.4 is 10.6 Å². The Kier molecular flexibility index (Phi) is 6.56. The Morgan fingerprint density at radius 3 is 2.28 bits per heavy atom. The van der Waals surface area contributed by atoms with Crippen LogP contribution in [0.3, 0.4) is 0 Å². The standard InChI is InChI=1S/C19H26N2O4/c1-12(20-18(23)15-5-3-4-6-15)11-17(22)21-16-9-7-14(8-10-16)13(2)19(24)25/h7-10,12-13,15H,3-6,11H2,1-2H3,(H,20,23)(H,21,22)(H,24,25). The summed E-state index contributed by atoms with van der Waals surface area (Å²) in [6, 6.07) is 6.54. The number of carbonyl (C=O) groups is 3. The first kappa shape index (κ1) is 19.0. The van der Waals surface area contributed by atoms with E-state index >= 15 is 0 Å². The molecule has 0 aromatic heterocycles. The minimum atomic E-state index is -0.886. The summed E-state index contributed by atoms with van der Waals surface area (Å²) in [6.45, 7) is 3.44. The van der Waals surface area contributed by atoms with E-state index in [1.807, 2.05) is 6.92 Å². The fourth-order valence-corrected chi connectivity index (χ4v) is 3.09. The minimum absolute atomic E-state index is 0.0461. The number of carbonyl (C=O) groups excluding carboxylic acids is 2. The van der Waals surface area contributed by atoms with Crippen LogP contribution in [0.2, 0.25) is 0 Å². The summed E-state index contributed by atoms with van der Waals surface area (Å²) in [5, 5.41) is 14.7. The molecule has 0 saturated heterocycles. The molecule has 2 rings (SSSR count). The van der Waals surface area contributed by atoms with Crippen LogP contribution in [0.25, 0.3) is 0 Å². The third kappa shape index (κ3) is 5.59. The van der Waals surface area contributed by atoms with Gasteiger partial charge >= 0.3 is 5.97 Å². The van der Waals surface area contributed by atoms with Crippen molar-refractivity contribution >= 4 is 23.5 Å². The number of carboxylic acid groups (broad SMARTS) is 1. The summed E-state index contributed by atoms with van der Waals surface area (Å²) in [4.78, 5) is 35.1. The Balaban J connectivity index is 1.81. The van der Waals surface area contributed by atoms with Crippen molar-refractivity contribution in [1.82, 2.24) is 5.32 Å². The monoisotopic (exact) mass is 346 g/mol. The molecule has 0 bridgehead atoms. The lowest BCUT2D eigenvalue weighted by Gasteiger charge is -2.17. The van der Waals surface area contributed by atoms with E-state index in [4.69, 9.17) is 5.11 Å². The van der Waals surface area contributed by atoms with Crippen molar-refractivity contribution in [2.45, 2.75) is 57.9 Å². The van der Waals surface area contributed by atoms with Crippen molar-refractivity contribution in [3.05, 3.63) is 29.8 Å². The van der Waals surface area contributed by atoms with Crippen molar-refractivity contribution in [2.75, 3.05) is 5.32 Å². The van der Waals surface area contributed by atoms with Gasteiger partial charge in [0, 0.05) is 24.1 Å². The van der Waals surface area contributed by atoms with Gasteiger partial charge in [0.15, 0.2) is 0 Å². The summed E-state index contributed by atoms with van der Waals surface area (Å²) in [5.74, 6) is -1.52. The summed E-state index contributed by atoms with van der Waals surface area (Å²) >= 11 is 0. The van der Waals surface area contributed by atoms with Crippen molar-refractivity contribution < 1.29 is 19.5 Å². The lowest BCUT2D eigenvalue weighted by Crippen LogP contribution is -2.38. The first-order valence-electron chi connectivity index (χ1n) is 8.80. The van der Waals surface area contributed by atoms with E-state index in [1.165, 1.54) is 0 Å². The molecule has 0 heterocycles. The second-order valence-electron chi connectivity index (χ2n) is 6.83. The van der Waals surface area contributed by atoms with Gasteiger partial charge in [-0.1, -0.05) is 25.0 Å². The molecule has 2 amide bonds. The highest BCUT2D eigenvalue weighted by atomic mass is 16.4. The van der Waals surface area contributed by atoms with Crippen LogP contribution in [0.5, 0.6) is 0 Å². The van der Waals surface area contributed by atoms with Crippen LogP contribution in [0, 0.1) is 5.92 Å². The molecule has 1 aromatic carbocycles. The van der Waals surface area contributed by atoms with Gasteiger partial charge in [-0.15, -0.1) is 0 Å². The van der Waals surface area contributed by atoms with Crippen LogP contribution in [0.15, 0.2) is 24.3 Å². The summed E-state index contributed by atoms with van der Waals surface area (Å²) in [6.07, 6.45) is 4.27. The predicted molar refractivity (Wildman–Crippen MR) is 95.3 cm³/mol. The Labute approximate surface area is 148 Å². The van der Waals surface area contributed by atoms with E-state index in [0.29, 0.717) is 11.3 Å². The number of benzene rings is 1. The normalized spacial score (nSPS) is 16.9. The SMILES string of the molecule is CC(CC(=O)Nc1ccc(C(C)C(=O)O)cc1)NC(=O)C1CCCC1. The molecule has 3 N–H and O–H groups in total. The van der Waals surface area contributed by atoms with Crippen molar-refractivity contribution in [2.24, 2.45) is 5.92 Å². The zero-order valence-electron chi connectivity index (χ0n) is 14.7. The first-order chi connectivity index (χ1) is 11.9. The molecule has 2 unspecified atom stereocenters. The number of hydrogen-bond acceptors (Lipinski definition) is 3. The topological polar surface area (TPSA) is 95.5 Å². The highest BCUT2D eigenvalue weighted by molar-refractivity contribution is 5.91. The molecule has 0 aliphatic heterocycles. The highest BCUT2D eigenvalue weighted by Crippen LogP contribution is 2.24. The molecule has 0 spiro atoms. The molecule has 1 fully saturated rings. The van der Waals surface area contributed by atoms with E-state index in [-0.39, 0.29) is 30.2 Å². The first-order valence-corrected chi connectivity index (χ1v) is 8.80. The maximum absolute atomic E-state index is 12.1. The quantitative estimate of drug-likeness (QED) is 0.707. The molecule has 2 atom stereocenters. The van der Waals surface area contributed by atoms with Crippen LogP contribution in [0.1, 0.15) is 57.4 Å². The summed E-state index contributed by atoms with van der Waals surface area (Å²) in [5.41, 5.74) is 1.29. The van der Waals surface area contributed by atoms with Gasteiger partial charge in [0.25, 0.3) is 0 Å². The second kappa shape index (κ2) is 8.65. The molecule has 6 heteroatoms. The zero-order valence-corrected chi connectivity index (χ0v) is 14.7. The number of amides is 2. The van der Waals surface area contributed by atoms with E-state index in [0.717, 1.165) is 25.7 Å². The van der Waals surface area contributed by atoms with Gasteiger partial charge in [-0.2, -0.15) is 0 Å². The predicted octanol–water partition coefficient (Wildman–Crippen LogP) is 2.90. The average Bonchev–Trinajstić information content (AvgIpc) is 3.09. The van der Waals surface area contributed by atoms with Crippen LogP contribution in [-0.4, -0.2) is 28.9 Å². The Morgan fingerprint density at radius 2 is 1.72 bits per heavy atom. The Bertz CT molecular complexity index is 621. The molecule has 0 radical (unpaired) electrons. The van der Waals surface area contributed by atoms with Crippen molar-refractivity contribution in [3.8, 4) is 0 Å². The fraction of sp³-hybridized carbons (Fsp3) is 0.526. The summed E-state index contributed by atoms with van der Waals surface area (Å²) < 4.78 is 0. The Hall–Kier alpha value is -2.37. The highest BCUT2D eigenvalue weighted by Gasteiger charge is 2.24. The van der Waals surface area contributed by atoms with Crippen molar-refractivity contribution in [3.63, 3.8) is 0 Å². The summed E-state index contributed by atoms with van der Waals surface area (Å²) in [7, 11) is 0. The number of aliphatic carboxylic acids is 1. The second-order valence-corrected chi connectivity index (χ2v) is 6.83. The van der Waals surface area contributed by atoms with E-state index < -0.39 is 11.9 Å². The molecule has 1 saturated carbocycles. The molecule has 1 aliphatic rings. The molecule has 25 heavy (non-hydrogen) atoms. The van der Waals surface area contributed by atoms with Crippen molar-refractivity contribution in [1.29, 1.82) is 0 Å². The van der Waals surface area contributed by atoms with Crippen LogP contribution >= 0.6 is 0 Å². The zero-order chi connectivity index (χ0) is 18.4.